The molecule has 5 aromatic rings. The van der Waals surface area contributed by atoms with Crippen molar-refractivity contribution in [2.75, 3.05) is 20.8 Å². The number of hydrogen-bond donors (Lipinski definition) is 0. The van der Waals surface area contributed by atoms with E-state index < -0.39 is 0 Å². The number of ether oxygens (including phenoxy) is 3. The van der Waals surface area contributed by atoms with E-state index in [0.717, 1.165) is 5.39 Å². The summed E-state index contributed by atoms with van der Waals surface area (Å²) < 4.78 is 23.5. The molecule has 0 amide bonds. The van der Waals surface area contributed by atoms with Crippen molar-refractivity contribution < 1.29 is 18.7 Å². The summed E-state index contributed by atoms with van der Waals surface area (Å²) in [6.07, 6.45) is 1.72. The van der Waals surface area contributed by atoms with Crippen LogP contribution < -0.4 is 19.8 Å². The molecule has 8 heteroatoms. The number of nitrogens with zero attached hydrogens (tertiary/aromatic N) is 3. The van der Waals surface area contributed by atoms with E-state index in [2.05, 4.69) is 10.1 Å². The Hall–Kier alpha value is -4.59. The van der Waals surface area contributed by atoms with E-state index in [0.29, 0.717) is 57.8 Å². The van der Waals surface area contributed by atoms with Crippen molar-refractivity contribution in [2.45, 2.75) is 6.92 Å². The molecule has 0 atom stereocenters. The van der Waals surface area contributed by atoms with Gasteiger partial charge in [0.2, 0.25) is 5.82 Å². The molecule has 0 fully saturated rings. The highest BCUT2D eigenvalue weighted by molar-refractivity contribution is 5.94. The summed E-state index contributed by atoms with van der Waals surface area (Å²) in [6.45, 7) is 2.44. The fourth-order valence-electron chi connectivity index (χ4n) is 3.93. The van der Waals surface area contributed by atoms with Crippen LogP contribution in [0.1, 0.15) is 6.92 Å². The first-order valence-corrected chi connectivity index (χ1v) is 11.1. The Kier molecular flexibility index (Phi) is 5.93. The third kappa shape index (κ3) is 4.10. The molecule has 3 aromatic carbocycles. The highest BCUT2D eigenvalue weighted by Gasteiger charge is 2.18. The maximum absolute atomic E-state index is 13.3. The maximum Gasteiger partial charge on any atom is 0.262 e. The van der Waals surface area contributed by atoms with Gasteiger partial charge in [-0.25, -0.2) is 0 Å². The lowest BCUT2D eigenvalue weighted by Crippen LogP contribution is -2.18. The summed E-state index contributed by atoms with van der Waals surface area (Å²) in [7, 11) is 3.18. The molecule has 0 bridgehead atoms. The molecular formula is C27H23N3O5. The minimum absolute atomic E-state index is 0.148. The highest BCUT2D eigenvalue weighted by atomic mass is 16.5. The first-order valence-electron chi connectivity index (χ1n) is 11.1. The predicted molar refractivity (Wildman–Crippen MR) is 133 cm³/mol. The molecule has 35 heavy (non-hydrogen) atoms. The van der Waals surface area contributed by atoms with Gasteiger partial charge in [-0.3, -0.25) is 9.36 Å². The van der Waals surface area contributed by atoms with Gasteiger partial charge in [0.1, 0.15) is 5.75 Å². The van der Waals surface area contributed by atoms with Gasteiger partial charge in [0.15, 0.2) is 11.5 Å². The zero-order valence-electron chi connectivity index (χ0n) is 19.5. The van der Waals surface area contributed by atoms with Crippen LogP contribution in [0.15, 0.2) is 82.2 Å². The average Bonchev–Trinajstić information content (AvgIpc) is 3.40. The number of pyridine rings is 1. The second-order valence-corrected chi connectivity index (χ2v) is 7.68. The SMILES string of the molecule is CCOc1ccc(-c2noc(-c3cn(-c4ccc(OC)cc4)c(=O)c4ccccc34)n2)cc1OC. The molecule has 0 aliphatic heterocycles. The molecule has 2 heterocycles. The van der Waals surface area contributed by atoms with Gasteiger partial charge in [-0.05, 0) is 55.5 Å². The number of benzene rings is 3. The Bertz CT molecular complexity index is 1550. The van der Waals surface area contributed by atoms with Crippen LogP contribution in [-0.2, 0) is 0 Å². The molecule has 0 unspecified atom stereocenters. The van der Waals surface area contributed by atoms with E-state index in [1.54, 1.807) is 49.2 Å². The molecule has 0 spiro atoms. The minimum Gasteiger partial charge on any atom is -0.497 e. The molecule has 0 N–H and O–H groups in total. The van der Waals surface area contributed by atoms with Crippen LogP contribution in [0.5, 0.6) is 17.2 Å². The van der Waals surface area contributed by atoms with Crippen LogP contribution in [0, 0.1) is 0 Å². The zero-order valence-corrected chi connectivity index (χ0v) is 19.5. The highest BCUT2D eigenvalue weighted by Crippen LogP contribution is 2.33. The van der Waals surface area contributed by atoms with Crippen LogP contribution in [0.2, 0.25) is 0 Å². The molecule has 0 saturated carbocycles. The third-order valence-electron chi connectivity index (χ3n) is 5.65. The number of methoxy groups -OCH3 is 2. The van der Waals surface area contributed by atoms with Crippen molar-refractivity contribution in [3.8, 4) is 45.8 Å². The fourth-order valence-corrected chi connectivity index (χ4v) is 3.93. The van der Waals surface area contributed by atoms with Gasteiger partial charge in [0.05, 0.1) is 26.4 Å². The fraction of sp³-hybridized carbons (Fsp3) is 0.148. The zero-order chi connectivity index (χ0) is 24.4. The monoisotopic (exact) mass is 469 g/mol. The first kappa shape index (κ1) is 22.2. The average molecular weight is 469 g/mol. The van der Waals surface area contributed by atoms with Crippen molar-refractivity contribution in [2.24, 2.45) is 0 Å². The van der Waals surface area contributed by atoms with Crippen molar-refractivity contribution in [1.29, 1.82) is 0 Å². The normalized spacial score (nSPS) is 10.9. The smallest absolute Gasteiger partial charge is 0.262 e. The van der Waals surface area contributed by atoms with Crippen molar-refractivity contribution in [3.63, 3.8) is 0 Å². The summed E-state index contributed by atoms with van der Waals surface area (Å²) >= 11 is 0. The summed E-state index contributed by atoms with van der Waals surface area (Å²) in [6, 6.07) is 20.1. The Labute approximate surface area is 201 Å². The molecule has 0 aliphatic carbocycles. The first-order chi connectivity index (χ1) is 17.1. The lowest BCUT2D eigenvalue weighted by Gasteiger charge is -2.11. The Morgan fingerprint density at radius 2 is 1.69 bits per heavy atom. The van der Waals surface area contributed by atoms with Crippen molar-refractivity contribution >= 4 is 10.8 Å². The summed E-state index contributed by atoms with van der Waals surface area (Å²) in [5.74, 6) is 2.61. The minimum atomic E-state index is -0.148. The van der Waals surface area contributed by atoms with Crippen LogP contribution in [0.4, 0.5) is 0 Å². The topological polar surface area (TPSA) is 88.6 Å². The largest absolute Gasteiger partial charge is 0.497 e. The molecule has 0 saturated heterocycles. The Balaban J connectivity index is 1.63. The number of hydrogen-bond acceptors (Lipinski definition) is 7. The number of rotatable bonds is 7. The maximum atomic E-state index is 13.3. The van der Waals surface area contributed by atoms with Crippen LogP contribution in [-0.4, -0.2) is 35.5 Å². The number of fused-ring (bicyclic) bond motifs is 1. The van der Waals surface area contributed by atoms with E-state index in [9.17, 15) is 4.79 Å². The van der Waals surface area contributed by atoms with Gasteiger partial charge in [-0.1, -0.05) is 23.4 Å². The van der Waals surface area contributed by atoms with E-state index in [1.807, 2.05) is 49.4 Å². The van der Waals surface area contributed by atoms with E-state index >= 15 is 0 Å². The van der Waals surface area contributed by atoms with Crippen molar-refractivity contribution in [1.82, 2.24) is 14.7 Å². The summed E-state index contributed by atoms with van der Waals surface area (Å²) in [5.41, 5.74) is 1.91. The van der Waals surface area contributed by atoms with Gasteiger partial charge in [0.25, 0.3) is 11.4 Å². The number of aromatic nitrogens is 3. The van der Waals surface area contributed by atoms with Gasteiger partial charge in [-0.15, -0.1) is 0 Å². The van der Waals surface area contributed by atoms with Crippen molar-refractivity contribution in [3.05, 3.63) is 83.3 Å². The van der Waals surface area contributed by atoms with Crippen LogP contribution in [0.3, 0.4) is 0 Å². The Morgan fingerprint density at radius 1 is 0.914 bits per heavy atom. The van der Waals surface area contributed by atoms with Gasteiger partial charge >= 0.3 is 0 Å². The van der Waals surface area contributed by atoms with Gasteiger partial charge in [0, 0.05) is 28.2 Å². The molecule has 0 aliphatic rings. The Morgan fingerprint density at radius 3 is 2.40 bits per heavy atom. The lowest BCUT2D eigenvalue weighted by atomic mass is 10.1. The van der Waals surface area contributed by atoms with Gasteiger partial charge in [-0.2, -0.15) is 4.98 Å². The molecule has 2 aromatic heterocycles. The molecule has 5 rings (SSSR count). The molecular weight excluding hydrogens is 446 g/mol. The summed E-state index contributed by atoms with van der Waals surface area (Å²) in [5, 5.41) is 5.45. The predicted octanol–water partition coefficient (Wildman–Crippen LogP) is 5.12. The molecule has 176 valence electrons. The van der Waals surface area contributed by atoms with E-state index in [1.165, 1.54) is 0 Å². The van der Waals surface area contributed by atoms with Gasteiger partial charge < -0.3 is 18.7 Å². The molecule has 8 nitrogen and oxygen atoms in total. The van der Waals surface area contributed by atoms with Crippen LogP contribution in [0.25, 0.3) is 39.3 Å². The van der Waals surface area contributed by atoms with E-state index in [4.69, 9.17) is 18.7 Å². The standard InChI is InChI=1S/C27H23N3O5/c1-4-34-23-14-9-17(15-24(23)33-3)25-28-26(35-29-25)22-16-30(18-10-12-19(32-2)13-11-18)27(31)21-8-6-5-7-20(21)22/h5-16H,4H2,1-3H3. The second kappa shape index (κ2) is 9.34. The summed E-state index contributed by atoms with van der Waals surface area (Å²) in [4.78, 5) is 17.9. The lowest BCUT2D eigenvalue weighted by molar-refractivity contribution is 0.311. The quantitative estimate of drug-likeness (QED) is 0.327. The van der Waals surface area contributed by atoms with E-state index in [-0.39, 0.29) is 5.56 Å². The molecule has 0 radical (unpaired) electrons. The second-order valence-electron chi connectivity index (χ2n) is 7.68. The van der Waals surface area contributed by atoms with Crippen LogP contribution >= 0.6 is 0 Å². The third-order valence-corrected chi connectivity index (χ3v) is 5.65.